The van der Waals surface area contributed by atoms with Gasteiger partial charge in [-0.05, 0) is 12.2 Å². The summed E-state index contributed by atoms with van der Waals surface area (Å²) in [7, 11) is 0. The van der Waals surface area contributed by atoms with Crippen molar-refractivity contribution in [2.24, 2.45) is 0 Å². The van der Waals surface area contributed by atoms with E-state index in [1.807, 2.05) is 0 Å². The lowest BCUT2D eigenvalue weighted by Gasteiger charge is -2.35. The molecule has 0 aliphatic heterocycles. The van der Waals surface area contributed by atoms with Gasteiger partial charge in [0.25, 0.3) is 0 Å². The molecular weight excluding hydrogens is 190 g/mol. The lowest BCUT2D eigenvalue weighted by molar-refractivity contribution is -0.0160. The van der Waals surface area contributed by atoms with Gasteiger partial charge in [0.15, 0.2) is 5.72 Å². The molecule has 1 rings (SSSR count). The Morgan fingerprint density at radius 3 is 2.07 bits per heavy atom. The molecule has 0 saturated heterocycles. The molecule has 0 unspecified atom stereocenters. The van der Waals surface area contributed by atoms with Crippen LogP contribution in [0.4, 0.5) is 0 Å². The van der Waals surface area contributed by atoms with Crippen LogP contribution in [0.2, 0.25) is 0 Å². The average Bonchev–Trinajstić information content (AvgIpc) is 2.23. The molecule has 0 atom stereocenters. The monoisotopic (exact) mass is 207 g/mol. The minimum absolute atomic E-state index is 0.549. The summed E-state index contributed by atoms with van der Waals surface area (Å²) in [5.41, 5.74) is -1.15. The number of aliphatic hydroxyl groups is 2. The Balaban J connectivity index is 2.81. The molecule has 0 aromatic heterocycles. The zero-order valence-corrected chi connectivity index (χ0v) is 8.71. The van der Waals surface area contributed by atoms with Gasteiger partial charge >= 0.3 is 0 Å². The van der Waals surface area contributed by atoms with Crippen molar-refractivity contribution >= 4 is 0 Å². The SMILES string of the molecule is C=CCN(CC=C)C1(O)C=CC(O)C=C1. The third-order valence-corrected chi connectivity index (χ3v) is 2.28. The molecule has 1 aliphatic rings. The summed E-state index contributed by atoms with van der Waals surface area (Å²) in [6.45, 7) is 8.38. The fourth-order valence-corrected chi connectivity index (χ4v) is 1.49. The molecule has 0 heterocycles. The molecule has 2 N–H and O–H groups in total. The number of aliphatic hydroxyl groups excluding tert-OH is 1. The Hall–Kier alpha value is -1.16. The van der Waals surface area contributed by atoms with Crippen molar-refractivity contribution in [3.8, 4) is 0 Å². The van der Waals surface area contributed by atoms with Crippen LogP contribution in [0.3, 0.4) is 0 Å². The van der Waals surface area contributed by atoms with Crippen molar-refractivity contribution < 1.29 is 10.2 Å². The van der Waals surface area contributed by atoms with Gasteiger partial charge in [-0.25, -0.2) is 0 Å². The van der Waals surface area contributed by atoms with Gasteiger partial charge in [0.2, 0.25) is 0 Å². The van der Waals surface area contributed by atoms with E-state index in [1.54, 1.807) is 41.4 Å². The van der Waals surface area contributed by atoms with Crippen LogP contribution in [0.5, 0.6) is 0 Å². The smallest absolute Gasteiger partial charge is 0.157 e. The number of nitrogens with zero attached hydrogens (tertiary/aromatic N) is 1. The van der Waals surface area contributed by atoms with Crippen molar-refractivity contribution in [1.82, 2.24) is 4.90 Å². The van der Waals surface area contributed by atoms with E-state index >= 15 is 0 Å². The van der Waals surface area contributed by atoms with Gasteiger partial charge in [-0.15, -0.1) is 13.2 Å². The third kappa shape index (κ3) is 2.89. The molecule has 15 heavy (non-hydrogen) atoms. The van der Waals surface area contributed by atoms with Crippen molar-refractivity contribution in [1.29, 1.82) is 0 Å². The number of hydrogen-bond donors (Lipinski definition) is 2. The normalized spacial score (nSPS) is 29.4. The molecular formula is C12H17NO2. The molecule has 82 valence electrons. The summed E-state index contributed by atoms with van der Waals surface area (Å²) in [5, 5.41) is 19.5. The van der Waals surface area contributed by atoms with E-state index in [-0.39, 0.29) is 0 Å². The highest BCUT2D eigenvalue weighted by atomic mass is 16.3. The first-order valence-corrected chi connectivity index (χ1v) is 4.88. The van der Waals surface area contributed by atoms with E-state index in [0.29, 0.717) is 13.1 Å². The summed E-state index contributed by atoms with van der Waals surface area (Å²) >= 11 is 0. The van der Waals surface area contributed by atoms with Crippen LogP contribution in [0, 0.1) is 0 Å². The minimum Gasteiger partial charge on any atom is -0.385 e. The highest BCUT2D eigenvalue weighted by Crippen LogP contribution is 2.20. The van der Waals surface area contributed by atoms with Gasteiger partial charge in [0.1, 0.15) is 0 Å². The standard InChI is InChI=1S/C12H17NO2/c1-3-9-13(10-4-2)12(15)7-5-11(14)6-8-12/h3-8,11,14-15H,1-2,9-10H2. The molecule has 0 bridgehead atoms. The van der Waals surface area contributed by atoms with E-state index < -0.39 is 11.8 Å². The molecule has 3 nitrogen and oxygen atoms in total. The van der Waals surface area contributed by atoms with Crippen molar-refractivity contribution in [3.05, 3.63) is 49.6 Å². The molecule has 0 aromatic rings. The van der Waals surface area contributed by atoms with Crippen molar-refractivity contribution in [3.63, 3.8) is 0 Å². The molecule has 0 amide bonds. The summed E-state index contributed by atoms with van der Waals surface area (Å²) in [6, 6.07) is 0. The van der Waals surface area contributed by atoms with Crippen LogP contribution in [-0.2, 0) is 0 Å². The highest BCUT2D eigenvalue weighted by Gasteiger charge is 2.29. The molecule has 0 aromatic carbocycles. The second-order valence-corrected chi connectivity index (χ2v) is 3.47. The predicted octanol–water partition coefficient (Wildman–Crippen LogP) is 0.836. The van der Waals surface area contributed by atoms with Crippen LogP contribution < -0.4 is 0 Å². The largest absolute Gasteiger partial charge is 0.385 e. The van der Waals surface area contributed by atoms with Gasteiger partial charge in [-0.2, -0.15) is 0 Å². The van der Waals surface area contributed by atoms with Crippen molar-refractivity contribution in [2.75, 3.05) is 13.1 Å². The summed E-state index contributed by atoms with van der Waals surface area (Å²) in [4.78, 5) is 1.78. The van der Waals surface area contributed by atoms with E-state index in [4.69, 9.17) is 0 Å². The topological polar surface area (TPSA) is 43.7 Å². The van der Waals surface area contributed by atoms with E-state index in [1.165, 1.54) is 0 Å². The minimum atomic E-state index is -1.15. The maximum absolute atomic E-state index is 10.3. The second-order valence-electron chi connectivity index (χ2n) is 3.47. The summed E-state index contributed by atoms with van der Waals surface area (Å²) in [5.74, 6) is 0. The Labute approximate surface area is 90.3 Å². The lowest BCUT2D eigenvalue weighted by atomic mass is 10.0. The van der Waals surface area contributed by atoms with Crippen LogP contribution in [0.25, 0.3) is 0 Å². The van der Waals surface area contributed by atoms with Crippen LogP contribution in [0.15, 0.2) is 49.6 Å². The Morgan fingerprint density at radius 1 is 1.20 bits per heavy atom. The van der Waals surface area contributed by atoms with E-state index in [9.17, 15) is 10.2 Å². The lowest BCUT2D eigenvalue weighted by Crippen LogP contribution is -2.47. The molecule has 0 fully saturated rings. The molecule has 1 aliphatic carbocycles. The van der Waals surface area contributed by atoms with Crippen molar-refractivity contribution in [2.45, 2.75) is 11.8 Å². The Kier molecular flexibility index (Phi) is 4.03. The molecule has 0 saturated carbocycles. The van der Waals surface area contributed by atoms with Crippen LogP contribution in [0.1, 0.15) is 0 Å². The molecule has 3 heteroatoms. The van der Waals surface area contributed by atoms with Gasteiger partial charge in [-0.3, -0.25) is 4.90 Å². The zero-order valence-electron chi connectivity index (χ0n) is 8.71. The third-order valence-electron chi connectivity index (χ3n) is 2.28. The fourth-order valence-electron chi connectivity index (χ4n) is 1.49. The Morgan fingerprint density at radius 2 is 1.67 bits per heavy atom. The second kappa shape index (κ2) is 5.07. The molecule has 0 spiro atoms. The van der Waals surface area contributed by atoms with Gasteiger partial charge < -0.3 is 10.2 Å². The first-order valence-electron chi connectivity index (χ1n) is 4.88. The first-order chi connectivity index (χ1) is 7.12. The zero-order chi connectivity index (χ0) is 11.3. The van der Waals surface area contributed by atoms with Crippen LogP contribution >= 0.6 is 0 Å². The van der Waals surface area contributed by atoms with Crippen LogP contribution in [-0.4, -0.2) is 40.0 Å². The Bertz CT molecular complexity index is 270. The van der Waals surface area contributed by atoms with Gasteiger partial charge in [0, 0.05) is 13.1 Å². The van der Waals surface area contributed by atoms with Gasteiger partial charge in [-0.1, -0.05) is 24.3 Å². The fraction of sp³-hybridized carbons (Fsp3) is 0.333. The maximum Gasteiger partial charge on any atom is 0.157 e. The summed E-state index contributed by atoms with van der Waals surface area (Å²) < 4.78 is 0. The highest BCUT2D eigenvalue weighted by molar-refractivity contribution is 5.23. The van der Waals surface area contributed by atoms with Gasteiger partial charge in [0.05, 0.1) is 6.10 Å². The average molecular weight is 207 g/mol. The predicted molar refractivity (Wildman–Crippen MR) is 61.2 cm³/mol. The first kappa shape index (κ1) is 11.9. The van der Waals surface area contributed by atoms with E-state index in [0.717, 1.165) is 0 Å². The number of rotatable bonds is 5. The number of hydrogen-bond acceptors (Lipinski definition) is 3. The quantitative estimate of drug-likeness (QED) is 0.518. The maximum atomic E-state index is 10.3. The summed E-state index contributed by atoms with van der Waals surface area (Å²) in [6.07, 6.45) is 9.08. The van der Waals surface area contributed by atoms with E-state index in [2.05, 4.69) is 13.2 Å². The molecule has 0 radical (unpaired) electrons.